The van der Waals surface area contributed by atoms with Crippen LogP contribution in [-0.4, -0.2) is 26.9 Å². The lowest BCUT2D eigenvalue weighted by molar-refractivity contribution is -0.137. The summed E-state index contributed by atoms with van der Waals surface area (Å²) in [5.41, 5.74) is 2.44. The van der Waals surface area contributed by atoms with Gasteiger partial charge in [0, 0.05) is 25.8 Å². The number of hydrogen-bond acceptors (Lipinski definition) is 4. The highest BCUT2D eigenvalue weighted by Crippen LogP contribution is 2.21. The van der Waals surface area contributed by atoms with Gasteiger partial charge < -0.3 is 4.57 Å². The molecule has 1 aromatic heterocycles. The van der Waals surface area contributed by atoms with Gasteiger partial charge in [-0.3, -0.25) is 14.4 Å². The van der Waals surface area contributed by atoms with E-state index in [1.807, 2.05) is 60.0 Å². The number of nitrogens with zero attached hydrogens (tertiary/aromatic N) is 2. The van der Waals surface area contributed by atoms with Crippen molar-refractivity contribution >= 4 is 28.1 Å². The number of carbonyl (C=O) groups excluding carboxylic acids is 3. The topological polar surface area (TPSA) is 69.0 Å². The van der Waals surface area contributed by atoms with E-state index in [-0.39, 0.29) is 12.2 Å². The van der Waals surface area contributed by atoms with E-state index in [4.69, 9.17) is 0 Å². The molecule has 0 aliphatic carbocycles. The fourth-order valence-electron chi connectivity index (χ4n) is 4.18. The van der Waals surface area contributed by atoms with Crippen LogP contribution in [0.15, 0.2) is 79.0 Å². The van der Waals surface area contributed by atoms with Crippen molar-refractivity contribution in [2.75, 3.05) is 0 Å². The van der Waals surface area contributed by atoms with Gasteiger partial charge >= 0.3 is 0 Å². The summed E-state index contributed by atoms with van der Waals surface area (Å²) in [6.07, 6.45) is 1.88. The van der Waals surface area contributed by atoms with Crippen LogP contribution in [0.3, 0.4) is 0 Å². The number of Topliss-reactive ketones (excluding diaryl/α,β-unsaturated/α-hetero) is 3. The van der Waals surface area contributed by atoms with Crippen molar-refractivity contribution in [2.45, 2.75) is 33.2 Å². The van der Waals surface area contributed by atoms with Crippen LogP contribution in [0, 0.1) is 12.8 Å². The number of carbonyl (C=O) groups is 3. The SMILES string of the molecule is CC(=O)C(=O)C(CC(=O)c1cnc(C)n1Cc1ccc2ccccc2c1)Cc1ccccc1. The van der Waals surface area contributed by atoms with Crippen molar-refractivity contribution in [2.24, 2.45) is 5.92 Å². The van der Waals surface area contributed by atoms with E-state index in [2.05, 4.69) is 29.2 Å². The second kappa shape index (κ2) is 9.74. The van der Waals surface area contributed by atoms with Crippen LogP contribution in [0.25, 0.3) is 10.8 Å². The number of ketones is 3. The lowest BCUT2D eigenvalue weighted by Crippen LogP contribution is -2.27. The number of imidazole rings is 1. The molecule has 0 saturated heterocycles. The predicted molar refractivity (Wildman–Crippen MR) is 128 cm³/mol. The first-order valence-corrected chi connectivity index (χ1v) is 11.0. The van der Waals surface area contributed by atoms with Crippen molar-refractivity contribution in [1.82, 2.24) is 9.55 Å². The Hall–Kier alpha value is -3.86. The normalized spacial score (nSPS) is 11.9. The van der Waals surface area contributed by atoms with Gasteiger partial charge in [0.25, 0.3) is 0 Å². The van der Waals surface area contributed by atoms with Gasteiger partial charge in [0.2, 0.25) is 5.78 Å². The van der Waals surface area contributed by atoms with Crippen molar-refractivity contribution in [3.8, 4) is 0 Å². The first kappa shape index (κ1) is 22.3. The molecule has 0 aliphatic heterocycles. The molecule has 3 aromatic carbocycles. The maximum Gasteiger partial charge on any atom is 0.201 e. The Bertz CT molecular complexity index is 1320. The van der Waals surface area contributed by atoms with Crippen molar-refractivity contribution in [1.29, 1.82) is 0 Å². The molecule has 5 heteroatoms. The van der Waals surface area contributed by atoms with Gasteiger partial charge in [-0.05, 0) is 41.3 Å². The van der Waals surface area contributed by atoms with Crippen LogP contribution in [-0.2, 0) is 22.6 Å². The second-order valence-corrected chi connectivity index (χ2v) is 8.39. The molecule has 33 heavy (non-hydrogen) atoms. The van der Waals surface area contributed by atoms with E-state index in [9.17, 15) is 14.4 Å². The number of benzene rings is 3. The van der Waals surface area contributed by atoms with Crippen molar-refractivity contribution < 1.29 is 14.4 Å². The number of hydrogen-bond donors (Lipinski definition) is 0. The van der Waals surface area contributed by atoms with E-state index in [1.165, 1.54) is 6.92 Å². The molecule has 0 N–H and O–H groups in total. The van der Waals surface area contributed by atoms with Crippen LogP contribution >= 0.6 is 0 Å². The molecule has 0 saturated carbocycles. The van der Waals surface area contributed by atoms with Gasteiger partial charge in [0.15, 0.2) is 11.6 Å². The van der Waals surface area contributed by atoms with E-state index in [0.29, 0.717) is 18.7 Å². The van der Waals surface area contributed by atoms with Gasteiger partial charge in [0.05, 0.1) is 6.20 Å². The maximum absolute atomic E-state index is 13.3. The zero-order valence-corrected chi connectivity index (χ0v) is 18.8. The third-order valence-electron chi connectivity index (χ3n) is 5.97. The minimum Gasteiger partial charge on any atom is -0.321 e. The molecule has 1 atom stereocenters. The smallest absolute Gasteiger partial charge is 0.201 e. The Morgan fingerprint density at radius 3 is 2.30 bits per heavy atom. The fraction of sp³-hybridized carbons (Fsp3) is 0.214. The van der Waals surface area contributed by atoms with Gasteiger partial charge in [-0.2, -0.15) is 0 Å². The van der Waals surface area contributed by atoms with Crippen molar-refractivity contribution in [3.63, 3.8) is 0 Å². The predicted octanol–water partition coefficient (Wildman–Crippen LogP) is 4.98. The minimum atomic E-state index is -0.693. The van der Waals surface area contributed by atoms with Crippen LogP contribution in [0.4, 0.5) is 0 Å². The quantitative estimate of drug-likeness (QED) is 0.273. The number of rotatable bonds is 9. The summed E-state index contributed by atoms with van der Waals surface area (Å²) in [5.74, 6) is -1.19. The van der Waals surface area contributed by atoms with Crippen LogP contribution in [0.5, 0.6) is 0 Å². The Morgan fingerprint density at radius 1 is 0.879 bits per heavy atom. The highest BCUT2D eigenvalue weighted by Gasteiger charge is 2.27. The van der Waals surface area contributed by atoms with Crippen molar-refractivity contribution in [3.05, 3.63) is 102 Å². The molecule has 0 bridgehead atoms. The van der Waals surface area contributed by atoms with Crippen LogP contribution in [0.1, 0.15) is 40.8 Å². The summed E-state index contributed by atoms with van der Waals surface area (Å²) in [5, 5.41) is 2.29. The summed E-state index contributed by atoms with van der Waals surface area (Å²) < 4.78 is 1.88. The third-order valence-corrected chi connectivity index (χ3v) is 5.97. The van der Waals surface area contributed by atoms with E-state index in [1.54, 1.807) is 6.20 Å². The molecule has 5 nitrogen and oxygen atoms in total. The van der Waals surface area contributed by atoms with Gasteiger partial charge in [-0.15, -0.1) is 0 Å². The lowest BCUT2D eigenvalue weighted by atomic mass is 9.88. The highest BCUT2D eigenvalue weighted by molar-refractivity contribution is 6.37. The average Bonchev–Trinajstić information content (AvgIpc) is 3.18. The van der Waals surface area contributed by atoms with Gasteiger partial charge in [-0.1, -0.05) is 66.7 Å². The molecule has 1 heterocycles. The standard InChI is InChI=1S/C28H26N2O3/c1-19(31)28(33)25(14-21-8-4-3-5-9-21)16-27(32)26-17-29-20(2)30(26)18-22-12-13-23-10-6-7-11-24(23)15-22/h3-13,15,17,25H,14,16,18H2,1-2H3. The summed E-state index contributed by atoms with van der Waals surface area (Å²) >= 11 is 0. The number of aryl methyl sites for hydroxylation is 1. The Labute approximate surface area is 193 Å². The molecule has 0 fully saturated rings. The maximum atomic E-state index is 13.3. The van der Waals surface area contributed by atoms with E-state index in [0.717, 1.165) is 27.7 Å². The second-order valence-electron chi connectivity index (χ2n) is 8.39. The molecule has 4 rings (SSSR count). The number of fused-ring (bicyclic) bond motifs is 1. The Morgan fingerprint density at radius 2 is 1.58 bits per heavy atom. The Kier molecular flexibility index (Phi) is 6.59. The summed E-state index contributed by atoms with van der Waals surface area (Å²) in [6, 6.07) is 23.8. The molecule has 0 spiro atoms. The van der Waals surface area contributed by atoms with Crippen LogP contribution in [0.2, 0.25) is 0 Å². The minimum absolute atomic E-state index is 0.0316. The van der Waals surface area contributed by atoms with Gasteiger partial charge in [0.1, 0.15) is 11.5 Å². The molecule has 0 aliphatic rings. The van der Waals surface area contributed by atoms with E-state index < -0.39 is 17.5 Å². The molecular weight excluding hydrogens is 412 g/mol. The van der Waals surface area contributed by atoms with Crippen LogP contribution < -0.4 is 0 Å². The third kappa shape index (κ3) is 5.14. The molecule has 4 aromatic rings. The molecule has 1 unspecified atom stereocenters. The zero-order chi connectivity index (χ0) is 23.4. The summed E-state index contributed by atoms with van der Waals surface area (Å²) in [7, 11) is 0. The Balaban J connectivity index is 1.58. The average molecular weight is 439 g/mol. The first-order chi connectivity index (χ1) is 15.9. The lowest BCUT2D eigenvalue weighted by Gasteiger charge is -2.15. The largest absolute Gasteiger partial charge is 0.321 e. The molecule has 0 radical (unpaired) electrons. The molecule has 0 amide bonds. The first-order valence-electron chi connectivity index (χ1n) is 11.0. The number of aromatic nitrogens is 2. The molecular formula is C28H26N2O3. The van der Waals surface area contributed by atoms with E-state index >= 15 is 0 Å². The molecule has 166 valence electrons. The highest BCUT2D eigenvalue weighted by atomic mass is 16.2. The fourth-order valence-corrected chi connectivity index (χ4v) is 4.18. The summed E-state index contributed by atoms with van der Waals surface area (Å²) in [4.78, 5) is 42.1. The monoisotopic (exact) mass is 438 g/mol. The summed E-state index contributed by atoms with van der Waals surface area (Å²) in [6.45, 7) is 3.63. The zero-order valence-electron chi connectivity index (χ0n) is 18.8. The van der Waals surface area contributed by atoms with Gasteiger partial charge in [-0.25, -0.2) is 4.98 Å².